The van der Waals surface area contributed by atoms with E-state index in [2.05, 4.69) is 31.7 Å². The van der Waals surface area contributed by atoms with Crippen molar-refractivity contribution in [3.63, 3.8) is 0 Å². The molecule has 6 heteroatoms. The van der Waals surface area contributed by atoms with Crippen LogP contribution in [0.25, 0.3) is 16.8 Å². The monoisotopic (exact) mass is 394 g/mol. The quantitative estimate of drug-likeness (QED) is 0.652. The van der Waals surface area contributed by atoms with Gasteiger partial charge in [0.15, 0.2) is 17.1 Å². The second-order valence-corrected chi connectivity index (χ2v) is 8.37. The molecule has 1 aliphatic rings. The van der Waals surface area contributed by atoms with Crippen LogP contribution in [0.5, 0.6) is 11.5 Å². The van der Waals surface area contributed by atoms with Crippen LogP contribution in [-0.4, -0.2) is 41.9 Å². The highest BCUT2D eigenvalue weighted by molar-refractivity contribution is 5.82. The fourth-order valence-electron chi connectivity index (χ4n) is 4.63. The number of nitrogens with zero attached hydrogens (tertiary/aromatic N) is 4. The lowest BCUT2D eigenvalue weighted by Gasteiger charge is -2.36. The number of piperidine rings is 1. The van der Waals surface area contributed by atoms with Gasteiger partial charge in [-0.15, -0.1) is 0 Å². The summed E-state index contributed by atoms with van der Waals surface area (Å²) in [5, 5.41) is 4.89. The Morgan fingerprint density at radius 3 is 2.31 bits per heavy atom. The minimum atomic E-state index is 0.671. The summed E-state index contributed by atoms with van der Waals surface area (Å²) in [5.74, 6) is 3.89. The Hall–Kier alpha value is -2.76. The highest BCUT2D eigenvalue weighted by atomic mass is 16.5. The first-order valence-electron chi connectivity index (χ1n) is 10.3. The standard InChI is InChI=1S/C23H30N4O2/c1-14-9-15(2)13-26(12-14)21-10-16(3)24-23-22(17(4)25-27(21)23)18-7-8-19(28-5)20(11-18)29-6/h7-8,10-11,14-15H,9,12-13H2,1-6H3/t14-,15+. The maximum atomic E-state index is 5.51. The highest BCUT2D eigenvalue weighted by Gasteiger charge is 2.26. The zero-order chi connectivity index (χ0) is 20.7. The number of hydrogen-bond donors (Lipinski definition) is 0. The minimum absolute atomic E-state index is 0.671. The van der Waals surface area contributed by atoms with Crippen LogP contribution in [0.1, 0.15) is 31.7 Å². The molecule has 3 aromatic rings. The van der Waals surface area contributed by atoms with Crippen molar-refractivity contribution in [1.82, 2.24) is 14.6 Å². The largest absolute Gasteiger partial charge is 0.493 e. The summed E-state index contributed by atoms with van der Waals surface area (Å²) >= 11 is 0. The fourth-order valence-corrected chi connectivity index (χ4v) is 4.63. The van der Waals surface area contributed by atoms with E-state index in [-0.39, 0.29) is 0 Å². The van der Waals surface area contributed by atoms with Crippen LogP contribution in [0.4, 0.5) is 5.82 Å². The first kappa shape index (κ1) is 19.6. The molecule has 1 saturated heterocycles. The van der Waals surface area contributed by atoms with Crippen molar-refractivity contribution in [2.75, 3.05) is 32.2 Å². The third-order valence-electron chi connectivity index (χ3n) is 5.74. The predicted molar refractivity (Wildman–Crippen MR) is 116 cm³/mol. The van der Waals surface area contributed by atoms with Gasteiger partial charge in [-0.05, 0) is 49.8 Å². The van der Waals surface area contributed by atoms with Crippen molar-refractivity contribution in [2.45, 2.75) is 34.1 Å². The van der Waals surface area contributed by atoms with E-state index in [0.29, 0.717) is 23.3 Å². The minimum Gasteiger partial charge on any atom is -0.493 e. The Bertz CT molecular complexity index is 1030. The molecule has 0 unspecified atom stereocenters. The number of fused-ring (bicyclic) bond motifs is 1. The van der Waals surface area contributed by atoms with Gasteiger partial charge in [-0.1, -0.05) is 19.9 Å². The smallest absolute Gasteiger partial charge is 0.165 e. The van der Waals surface area contributed by atoms with Crippen molar-refractivity contribution < 1.29 is 9.47 Å². The summed E-state index contributed by atoms with van der Waals surface area (Å²) in [4.78, 5) is 7.33. The molecule has 0 amide bonds. The van der Waals surface area contributed by atoms with Crippen molar-refractivity contribution >= 4 is 11.5 Å². The predicted octanol–water partition coefficient (Wildman–Crippen LogP) is 4.51. The van der Waals surface area contributed by atoms with Gasteiger partial charge >= 0.3 is 0 Å². The van der Waals surface area contributed by atoms with Crippen LogP contribution in [0, 0.1) is 25.7 Å². The number of aromatic nitrogens is 3. The normalized spacial score (nSPS) is 19.6. The summed E-state index contributed by atoms with van der Waals surface area (Å²) in [6.45, 7) is 10.9. The number of hydrogen-bond acceptors (Lipinski definition) is 5. The third kappa shape index (κ3) is 3.52. The summed E-state index contributed by atoms with van der Waals surface area (Å²) in [7, 11) is 3.31. The molecule has 0 saturated carbocycles. The van der Waals surface area contributed by atoms with E-state index in [1.54, 1.807) is 14.2 Å². The van der Waals surface area contributed by atoms with E-state index in [1.165, 1.54) is 6.42 Å². The first-order chi connectivity index (χ1) is 13.9. The lowest BCUT2D eigenvalue weighted by Crippen LogP contribution is -2.39. The van der Waals surface area contributed by atoms with Gasteiger partial charge < -0.3 is 14.4 Å². The van der Waals surface area contributed by atoms with Crippen LogP contribution >= 0.6 is 0 Å². The molecular weight excluding hydrogens is 364 g/mol. The first-order valence-corrected chi connectivity index (χ1v) is 10.3. The Labute approximate surface area is 172 Å². The van der Waals surface area contributed by atoms with Crippen molar-refractivity contribution in [2.24, 2.45) is 11.8 Å². The maximum absolute atomic E-state index is 5.51. The van der Waals surface area contributed by atoms with Gasteiger partial charge in [0.25, 0.3) is 0 Å². The van der Waals surface area contributed by atoms with Crippen LogP contribution < -0.4 is 14.4 Å². The Balaban J connectivity index is 1.88. The zero-order valence-electron chi connectivity index (χ0n) is 18.2. The number of rotatable bonds is 4. The van der Waals surface area contributed by atoms with Crippen molar-refractivity contribution in [3.05, 3.63) is 35.7 Å². The topological polar surface area (TPSA) is 51.9 Å². The van der Waals surface area contributed by atoms with Gasteiger partial charge in [0.05, 0.1) is 19.9 Å². The highest BCUT2D eigenvalue weighted by Crippen LogP contribution is 2.36. The average molecular weight is 395 g/mol. The molecule has 0 bridgehead atoms. The van der Waals surface area contributed by atoms with Gasteiger partial charge in [0, 0.05) is 30.4 Å². The molecule has 4 rings (SSSR count). The Morgan fingerprint density at radius 1 is 0.966 bits per heavy atom. The molecule has 0 N–H and O–H groups in total. The van der Waals surface area contributed by atoms with Gasteiger partial charge in [-0.2, -0.15) is 9.61 Å². The van der Waals surface area contributed by atoms with E-state index in [4.69, 9.17) is 19.6 Å². The lowest BCUT2D eigenvalue weighted by molar-refractivity contribution is 0.354. The summed E-state index contributed by atoms with van der Waals surface area (Å²) < 4.78 is 12.9. The molecule has 6 nitrogen and oxygen atoms in total. The zero-order valence-corrected chi connectivity index (χ0v) is 18.2. The van der Waals surface area contributed by atoms with Crippen LogP contribution in [-0.2, 0) is 0 Å². The number of methoxy groups -OCH3 is 2. The molecule has 154 valence electrons. The van der Waals surface area contributed by atoms with Gasteiger partial charge in [0.2, 0.25) is 0 Å². The Kier molecular flexibility index (Phi) is 5.11. The molecule has 0 spiro atoms. The van der Waals surface area contributed by atoms with Gasteiger partial charge in [-0.3, -0.25) is 0 Å². The summed E-state index contributed by atoms with van der Waals surface area (Å²) in [6, 6.07) is 8.13. The summed E-state index contributed by atoms with van der Waals surface area (Å²) in [6.07, 6.45) is 1.28. The molecule has 2 aromatic heterocycles. The van der Waals surface area contributed by atoms with Gasteiger partial charge in [0.1, 0.15) is 5.82 Å². The second kappa shape index (κ2) is 7.58. The van der Waals surface area contributed by atoms with Crippen LogP contribution in [0.15, 0.2) is 24.3 Å². The molecule has 0 aliphatic carbocycles. The molecule has 2 atom stereocenters. The number of aryl methyl sites for hydroxylation is 2. The lowest BCUT2D eigenvalue weighted by atomic mass is 9.92. The van der Waals surface area contributed by atoms with E-state index >= 15 is 0 Å². The number of anilines is 1. The molecule has 29 heavy (non-hydrogen) atoms. The molecule has 0 radical (unpaired) electrons. The fraction of sp³-hybridized carbons (Fsp3) is 0.478. The van der Waals surface area contributed by atoms with Crippen molar-refractivity contribution in [1.29, 1.82) is 0 Å². The second-order valence-electron chi connectivity index (χ2n) is 8.37. The van der Waals surface area contributed by atoms with Gasteiger partial charge in [-0.25, -0.2) is 4.98 Å². The molecule has 3 heterocycles. The van der Waals surface area contributed by atoms with E-state index in [9.17, 15) is 0 Å². The third-order valence-corrected chi connectivity index (χ3v) is 5.74. The molecule has 1 aromatic carbocycles. The molecular formula is C23H30N4O2. The maximum Gasteiger partial charge on any atom is 0.165 e. The molecule has 1 aliphatic heterocycles. The summed E-state index contributed by atoms with van der Waals surface area (Å²) in [5.41, 5.74) is 4.90. The van der Waals surface area contributed by atoms with E-state index < -0.39 is 0 Å². The van der Waals surface area contributed by atoms with Crippen LogP contribution in [0.2, 0.25) is 0 Å². The Morgan fingerprint density at radius 2 is 1.66 bits per heavy atom. The van der Waals surface area contributed by atoms with Crippen molar-refractivity contribution in [3.8, 4) is 22.6 Å². The van der Waals surface area contributed by atoms with E-state index in [0.717, 1.165) is 47.1 Å². The average Bonchev–Trinajstić information content (AvgIpc) is 3.01. The molecule has 1 fully saturated rings. The number of ether oxygens (including phenoxy) is 2. The SMILES string of the molecule is COc1ccc(-c2c(C)nn3c(N4C[C@H](C)C[C@H](C)C4)cc(C)nc23)cc1OC. The van der Waals surface area contributed by atoms with Crippen LogP contribution in [0.3, 0.4) is 0 Å². The van der Waals surface area contributed by atoms with E-state index in [1.807, 2.05) is 29.6 Å². The number of benzene rings is 1.